The molecule has 2 atom stereocenters. The van der Waals surface area contributed by atoms with E-state index in [-0.39, 0.29) is 23.8 Å². The van der Waals surface area contributed by atoms with Gasteiger partial charge >= 0.3 is 5.76 Å². The molecule has 3 aromatic rings. The van der Waals surface area contributed by atoms with Crippen molar-refractivity contribution in [2.45, 2.75) is 31.8 Å². The molecule has 7 nitrogen and oxygen atoms in total. The van der Waals surface area contributed by atoms with Crippen LogP contribution in [-0.4, -0.2) is 33.0 Å². The SMILES string of the molecule is O=C(CCn1c(=O)oc2ccccc21)N1C[C@H]2C[C@H](C1)c1cccc(=O)n1C2. The highest BCUT2D eigenvalue weighted by molar-refractivity contribution is 5.77. The highest BCUT2D eigenvalue weighted by Gasteiger charge is 2.36. The van der Waals surface area contributed by atoms with Crippen LogP contribution in [0.1, 0.15) is 24.5 Å². The lowest BCUT2D eigenvalue weighted by molar-refractivity contribution is -0.134. The van der Waals surface area contributed by atoms with Crippen LogP contribution in [0.5, 0.6) is 0 Å². The Bertz CT molecular complexity index is 1170. The number of para-hydroxylation sites is 2. The third-order valence-electron chi connectivity index (χ3n) is 5.96. The van der Waals surface area contributed by atoms with Gasteiger partial charge < -0.3 is 13.9 Å². The number of likely N-dealkylation sites (tertiary alicyclic amines) is 1. The van der Waals surface area contributed by atoms with E-state index in [1.807, 2.05) is 33.7 Å². The van der Waals surface area contributed by atoms with Gasteiger partial charge in [0.1, 0.15) is 0 Å². The molecule has 2 bridgehead atoms. The maximum absolute atomic E-state index is 12.9. The fourth-order valence-corrected chi connectivity index (χ4v) is 4.69. The maximum atomic E-state index is 12.9. The van der Waals surface area contributed by atoms with Crippen molar-refractivity contribution in [2.75, 3.05) is 13.1 Å². The Balaban J connectivity index is 1.32. The summed E-state index contributed by atoms with van der Waals surface area (Å²) in [4.78, 5) is 39.0. The number of aryl methyl sites for hydroxylation is 1. The van der Waals surface area contributed by atoms with Crippen molar-refractivity contribution in [3.8, 4) is 0 Å². The number of pyridine rings is 1. The van der Waals surface area contributed by atoms with Crippen LogP contribution < -0.4 is 11.3 Å². The van der Waals surface area contributed by atoms with Crippen molar-refractivity contribution in [2.24, 2.45) is 5.92 Å². The second kappa shape index (κ2) is 6.51. The number of aromatic nitrogens is 2. The van der Waals surface area contributed by atoms with Crippen LogP contribution in [0.4, 0.5) is 0 Å². The molecular weight excluding hydrogens is 358 g/mol. The van der Waals surface area contributed by atoms with Crippen LogP contribution in [0, 0.1) is 5.92 Å². The summed E-state index contributed by atoms with van der Waals surface area (Å²) in [6.45, 7) is 2.26. The van der Waals surface area contributed by atoms with Crippen molar-refractivity contribution in [1.29, 1.82) is 0 Å². The van der Waals surface area contributed by atoms with Crippen LogP contribution in [0.15, 0.2) is 56.5 Å². The lowest BCUT2D eigenvalue weighted by Crippen LogP contribution is -2.49. The average molecular weight is 379 g/mol. The van der Waals surface area contributed by atoms with Crippen LogP contribution >= 0.6 is 0 Å². The molecule has 1 fully saturated rings. The molecule has 0 N–H and O–H groups in total. The fraction of sp³-hybridized carbons (Fsp3) is 0.381. The summed E-state index contributed by atoms with van der Waals surface area (Å²) in [6, 6.07) is 12.6. The zero-order valence-electron chi connectivity index (χ0n) is 15.4. The predicted octanol–water partition coefficient (Wildman–Crippen LogP) is 1.79. The summed E-state index contributed by atoms with van der Waals surface area (Å²) in [5.74, 6) is 0.104. The number of amides is 1. The molecule has 2 aliphatic heterocycles. The van der Waals surface area contributed by atoms with E-state index in [0.29, 0.717) is 43.2 Å². The average Bonchev–Trinajstić information content (AvgIpc) is 3.02. The second-order valence-electron chi connectivity index (χ2n) is 7.73. The molecule has 1 saturated heterocycles. The van der Waals surface area contributed by atoms with Crippen LogP contribution in [0.25, 0.3) is 11.1 Å². The van der Waals surface area contributed by atoms with Gasteiger partial charge in [0.05, 0.1) is 5.52 Å². The molecule has 0 unspecified atom stereocenters. The molecule has 28 heavy (non-hydrogen) atoms. The molecule has 5 rings (SSSR count). The number of piperidine rings is 1. The zero-order chi connectivity index (χ0) is 19.3. The molecule has 0 aliphatic carbocycles. The molecule has 144 valence electrons. The number of carbonyl (C=O) groups excluding carboxylic acids is 1. The van der Waals surface area contributed by atoms with E-state index in [1.54, 1.807) is 18.2 Å². The van der Waals surface area contributed by atoms with Crippen molar-refractivity contribution in [1.82, 2.24) is 14.0 Å². The lowest BCUT2D eigenvalue weighted by Gasteiger charge is -2.42. The molecule has 2 aliphatic rings. The monoisotopic (exact) mass is 379 g/mol. The van der Waals surface area contributed by atoms with Gasteiger partial charge in [-0.25, -0.2) is 4.79 Å². The van der Waals surface area contributed by atoms with Crippen molar-refractivity contribution >= 4 is 17.0 Å². The van der Waals surface area contributed by atoms with Crippen molar-refractivity contribution in [3.63, 3.8) is 0 Å². The normalized spacial score (nSPS) is 20.9. The summed E-state index contributed by atoms with van der Waals surface area (Å²) >= 11 is 0. The molecule has 4 heterocycles. The quantitative estimate of drug-likeness (QED) is 0.695. The number of nitrogens with zero attached hydrogens (tertiary/aromatic N) is 3. The van der Waals surface area contributed by atoms with Crippen molar-refractivity contribution in [3.05, 3.63) is 69.1 Å². The number of rotatable bonds is 3. The number of hydrogen-bond donors (Lipinski definition) is 0. The Morgan fingerprint density at radius 3 is 2.79 bits per heavy atom. The van der Waals surface area contributed by atoms with Crippen LogP contribution in [0.2, 0.25) is 0 Å². The van der Waals surface area contributed by atoms with E-state index in [2.05, 4.69) is 0 Å². The van der Waals surface area contributed by atoms with E-state index < -0.39 is 5.76 Å². The number of oxazole rings is 1. The van der Waals surface area contributed by atoms with Gasteiger partial charge in [0.25, 0.3) is 5.56 Å². The van der Waals surface area contributed by atoms with E-state index in [0.717, 1.165) is 12.1 Å². The topological polar surface area (TPSA) is 77.5 Å². The van der Waals surface area contributed by atoms with Gasteiger partial charge in [0.15, 0.2) is 5.58 Å². The molecule has 2 aromatic heterocycles. The van der Waals surface area contributed by atoms with Gasteiger partial charge in [-0.1, -0.05) is 18.2 Å². The largest absolute Gasteiger partial charge is 0.419 e. The van der Waals surface area contributed by atoms with Crippen molar-refractivity contribution < 1.29 is 9.21 Å². The molecular formula is C21H21N3O4. The summed E-state index contributed by atoms with van der Waals surface area (Å²) in [5.41, 5.74) is 2.31. The van der Waals surface area contributed by atoms with E-state index in [1.165, 1.54) is 4.57 Å². The Labute approximate surface area is 160 Å². The Hall–Kier alpha value is -3.09. The smallest absolute Gasteiger partial charge is 0.408 e. The highest BCUT2D eigenvalue weighted by atomic mass is 16.4. The first-order chi connectivity index (χ1) is 13.6. The number of benzene rings is 1. The number of hydrogen-bond acceptors (Lipinski definition) is 4. The lowest BCUT2D eigenvalue weighted by atomic mass is 9.83. The zero-order valence-corrected chi connectivity index (χ0v) is 15.4. The third-order valence-corrected chi connectivity index (χ3v) is 5.96. The van der Waals surface area contributed by atoms with Crippen LogP contribution in [-0.2, 0) is 17.9 Å². The minimum Gasteiger partial charge on any atom is -0.408 e. The Morgan fingerprint density at radius 1 is 1.04 bits per heavy atom. The van der Waals surface area contributed by atoms with E-state index >= 15 is 0 Å². The predicted molar refractivity (Wildman–Crippen MR) is 103 cm³/mol. The standard InChI is InChI=1S/C21H21N3O4/c25-19(8-9-23-17-4-1-2-6-18(17)28-21(23)27)22-11-14-10-15(13-22)16-5-3-7-20(26)24(16)12-14/h1-7,14-15H,8-13H2/t14-,15-/m1/s1. The number of carbonyl (C=O) groups is 1. The number of fused-ring (bicyclic) bond motifs is 5. The van der Waals surface area contributed by atoms with Gasteiger partial charge in [-0.2, -0.15) is 0 Å². The van der Waals surface area contributed by atoms with Gasteiger partial charge in [-0.05, 0) is 30.5 Å². The first kappa shape index (κ1) is 17.0. The van der Waals surface area contributed by atoms with Gasteiger partial charge in [-0.15, -0.1) is 0 Å². The minimum absolute atomic E-state index is 0.0400. The molecule has 0 radical (unpaired) electrons. The van der Waals surface area contributed by atoms with E-state index in [4.69, 9.17) is 4.42 Å². The third kappa shape index (κ3) is 2.78. The maximum Gasteiger partial charge on any atom is 0.419 e. The Kier molecular flexibility index (Phi) is 3.96. The summed E-state index contributed by atoms with van der Waals surface area (Å²) in [7, 11) is 0. The first-order valence-electron chi connectivity index (χ1n) is 9.66. The fourth-order valence-electron chi connectivity index (χ4n) is 4.69. The van der Waals surface area contributed by atoms with Crippen LogP contribution in [0.3, 0.4) is 0 Å². The Morgan fingerprint density at radius 2 is 1.89 bits per heavy atom. The summed E-state index contributed by atoms with van der Waals surface area (Å²) in [5, 5.41) is 0. The molecule has 0 spiro atoms. The summed E-state index contributed by atoms with van der Waals surface area (Å²) < 4.78 is 8.62. The molecule has 1 amide bonds. The molecule has 1 aromatic carbocycles. The highest BCUT2D eigenvalue weighted by Crippen LogP contribution is 2.35. The second-order valence-corrected chi connectivity index (χ2v) is 7.73. The molecule has 7 heteroatoms. The van der Waals surface area contributed by atoms with Gasteiger partial charge in [-0.3, -0.25) is 14.2 Å². The van der Waals surface area contributed by atoms with E-state index in [9.17, 15) is 14.4 Å². The summed E-state index contributed by atoms with van der Waals surface area (Å²) in [6.07, 6.45) is 1.27. The van der Waals surface area contributed by atoms with Gasteiger partial charge in [0, 0.05) is 50.3 Å². The van der Waals surface area contributed by atoms with Gasteiger partial charge in [0.2, 0.25) is 5.91 Å². The molecule has 0 saturated carbocycles. The first-order valence-corrected chi connectivity index (χ1v) is 9.66. The minimum atomic E-state index is -0.433.